The first-order chi connectivity index (χ1) is 6.83. The van der Waals surface area contributed by atoms with Crippen molar-refractivity contribution in [1.29, 1.82) is 0 Å². The van der Waals surface area contributed by atoms with Gasteiger partial charge in [-0.25, -0.2) is 4.68 Å². The van der Waals surface area contributed by atoms with E-state index in [2.05, 4.69) is 22.6 Å². The summed E-state index contributed by atoms with van der Waals surface area (Å²) in [5.41, 5.74) is 2.05. The van der Waals surface area contributed by atoms with Crippen molar-refractivity contribution in [2.45, 2.75) is 33.0 Å². The molecule has 5 heteroatoms. The quantitative estimate of drug-likeness (QED) is 0.725. The zero-order chi connectivity index (χ0) is 10.4. The van der Waals surface area contributed by atoms with Gasteiger partial charge in [-0.3, -0.25) is 0 Å². The van der Waals surface area contributed by atoms with E-state index in [1.54, 1.807) is 7.11 Å². The maximum atomic E-state index is 5.13. The fraction of sp³-hybridized carbons (Fsp3) is 0.778. The number of methoxy groups -OCH3 is 1. The van der Waals surface area contributed by atoms with Crippen molar-refractivity contribution in [3.05, 3.63) is 11.4 Å². The van der Waals surface area contributed by atoms with Crippen LogP contribution < -0.4 is 5.32 Å². The second-order valence-electron chi connectivity index (χ2n) is 3.17. The fourth-order valence-corrected chi connectivity index (χ4v) is 1.36. The minimum absolute atomic E-state index is 0.573. The van der Waals surface area contributed by atoms with E-state index in [9.17, 15) is 0 Å². The topological polar surface area (TPSA) is 52.0 Å². The predicted molar refractivity (Wildman–Crippen MR) is 53.8 cm³/mol. The lowest BCUT2D eigenvalue weighted by Gasteiger charge is -2.05. The zero-order valence-electron chi connectivity index (χ0n) is 9.08. The third kappa shape index (κ3) is 2.52. The number of hydrogen-bond donors (Lipinski definition) is 1. The van der Waals surface area contributed by atoms with Gasteiger partial charge in [-0.1, -0.05) is 12.1 Å². The molecule has 0 radical (unpaired) electrons. The molecular formula is C9H18N4O. The van der Waals surface area contributed by atoms with Crippen LogP contribution in [0.2, 0.25) is 0 Å². The van der Waals surface area contributed by atoms with Gasteiger partial charge in [-0.05, 0) is 13.5 Å². The van der Waals surface area contributed by atoms with Gasteiger partial charge in [0.05, 0.1) is 12.3 Å². The van der Waals surface area contributed by atoms with Gasteiger partial charge < -0.3 is 10.1 Å². The van der Waals surface area contributed by atoms with E-state index < -0.39 is 0 Å². The molecule has 0 spiro atoms. The van der Waals surface area contributed by atoms with E-state index in [0.717, 1.165) is 30.9 Å². The van der Waals surface area contributed by atoms with Crippen molar-refractivity contribution in [1.82, 2.24) is 20.3 Å². The molecule has 1 aromatic rings. The first kappa shape index (κ1) is 11.1. The molecule has 80 valence electrons. The molecule has 0 aliphatic rings. The highest BCUT2D eigenvalue weighted by Gasteiger charge is 2.10. The molecule has 5 nitrogen and oxygen atoms in total. The smallest absolute Gasteiger partial charge is 0.102 e. The SMILES string of the molecule is CCCn1nnc(CNC)c1COC. The summed E-state index contributed by atoms with van der Waals surface area (Å²) in [6, 6.07) is 0. The van der Waals surface area contributed by atoms with E-state index in [4.69, 9.17) is 4.74 Å². The van der Waals surface area contributed by atoms with E-state index in [1.165, 1.54) is 0 Å². The molecule has 0 saturated heterocycles. The molecular weight excluding hydrogens is 180 g/mol. The number of aryl methyl sites for hydroxylation is 1. The molecule has 1 rings (SSSR count). The van der Waals surface area contributed by atoms with Crippen molar-refractivity contribution in [2.75, 3.05) is 14.2 Å². The summed E-state index contributed by atoms with van der Waals surface area (Å²) in [5.74, 6) is 0. The van der Waals surface area contributed by atoms with Crippen molar-refractivity contribution in [3.63, 3.8) is 0 Å². The molecule has 0 aromatic carbocycles. The summed E-state index contributed by atoms with van der Waals surface area (Å²) in [6.07, 6.45) is 1.05. The van der Waals surface area contributed by atoms with Crippen LogP contribution in [0.25, 0.3) is 0 Å². The van der Waals surface area contributed by atoms with Crippen LogP contribution in [0.3, 0.4) is 0 Å². The van der Waals surface area contributed by atoms with Gasteiger partial charge in [-0.2, -0.15) is 0 Å². The van der Waals surface area contributed by atoms with Crippen molar-refractivity contribution >= 4 is 0 Å². The van der Waals surface area contributed by atoms with Gasteiger partial charge in [0.15, 0.2) is 0 Å². The molecule has 1 heterocycles. The van der Waals surface area contributed by atoms with Crippen molar-refractivity contribution < 1.29 is 4.74 Å². The van der Waals surface area contributed by atoms with Crippen LogP contribution in [-0.2, 0) is 24.4 Å². The second-order valence-corrected chi connectivity index (χ2v) is 3.17. The molecule has 0 aliphatic heterocycles. The van der Waals surface area contributed by atoms with E-state index in [1.807, 2.05) is 11.7 Å². The minimum atomic E-state index is 0.573. The number of rotatable bonds is 6. The molecule has 0 amide bonds. The third-order valence-corrected chi connectivity index (χ3v) is 1.98. The average molecular weight is 198 g/mol. The van der Waals surface area contributed by atoms with Gasteiger partial charge in [0, 0.05) is 20.2 Å². The Morgan fingerprint density at radius 3 is 2.86 bits per heavy atom. The van der Waals surface area contributed by atoms with Gasteiger partial charge in [0.1, 0.15) is 5.69 Å². The predicted octanol–water partition coefficient (Wildman–Crippen LogP) is 0.554. The average Bonchev–Trinajstić information content (AvgIpc) is 2.52. The molecule has 0 aliphatic carbocycles. The number of nitrogens with zero attached hydrogens (tertiary/aromatic N) is 3. The lowest BCUT2D eigenvalue weighted by molar-refractivity contribution is 0.175. The molecule has 0 saturated carbocycles. The fourth-order valence-electron chi connectivity index (χ4n) is 1.36. The van der Waals surface area contributed by atoms with E-state index in [0.29, 0.717) is 6.61 Å². The Balaban J connectivity index is 2.82. The Labute approximate surface area is 84.4 Å². The van der Waals surface area contributed by atoms with Crippen LogP contribution in [0.4, 0.5) is 0 Å². The Morgan fingerprint density at radius 2 is 2.29 bits per heavy atom. The molecule has 1 aromatic heterocycles. The normalized spacial score (nSPS) is 10.8. The van der Waals surface area contributed by atoms with Crippen LogP contribution >= 0.6 is 0 Å². The monoisotopic (exact) mass is 198 g/mol. The van der Waals surface area contributed by atoms with Crippen LogP contribution in [0, 0.1) is 0 Å². The summed E-state index contributed by atoms with van der Waals surface area (Å²) >= 11 is 0. The lowest BCUT2D eigenvalue weighted by atomic mass is 10.3. The number of nitrogens with one attached hydrogen (secondary N) is 1. The molecule has 0 bridgehead atoms. The van der Waals surface area contributed by atoms with Crippen LogP contribution in [0.15, 0.2) is 0 Å². The number of ether oxygens (including phenoxy) is 1. The van der Waals surface area contributed by atoms with Crippen LogP contribution in [0.5, 0.6) is 0 Å². The third-order valence-electron chi connectivity index (χ3n) is 1.98. The largest absolute Gasteiger partial charge is 0.378 e. The number of aromatic nitrogens is 3. The molecule has 1 N–H and O–H groups in total. The van der Waals surface area contributed by atoms with Crippen LogP contribution in [0.1, 0.15) is 24.7 Å². The summed E-state index contributed by atoms with van der Waals surface area (Å²) in [4.78, 5) is 0. The summed E-state index contributed by atoms with van der Waals surface area (Å²) in [5, 5.41) is 11.3. The first-order valence-corrected chi connectivity index (χ1v) is 4.88. The highest BCUT2D eigenvalue weighted by molar-refractivity contribution is 5.08. The van der Waals surface area contributed by atoms with Crippen LogP contribution in [-0.4, -0.2) is 29.2 Å². The maximum Gasteiger partial charge on any atom is 0.102 e. The standard InChI is InChI=1S/C9H18N4O/c1-4-5-13-9(7-14-3)8(6-10-2)11-12-13/h10H,4-7H2,1-3H3. The van der Waals surface area contributed by atoms with Crippen molar-refractivity contribution in [2.24, 2.45) is 0 Å². The van der Waals surface area contributed by atoms with E-state index in [-0.39, 0.29) is 0 Å². The minimum Gasteiger partial charge on any atom is -0.378 e. The first-order valence-electron chi connectivity index (χ1n) is 4.88. The summed E-state index contributed by atoms with van der Waals surface area (Å²) < 4.78 is 7.04. The Bertz CT molecular complexity index is 248. The number of hydrogen-bond acceptors (Lipinski definition) is 4. The molecule has 14 heavy (non-hydrogen) atoms. The van der Waals surface area contributed by atoms with E-state index >= 15 is 0 Å². The van der Waals surface area contributed by atoms with Gasteiger partial charge in [0.2, 0.25) is 0 Å². The molecule has 0 unspecified atom stereocenters. The Hall–Kier alpha value is -0.940. The van der Waals surface area contributed by atoms with Gasteiger partial charge in [0.25, 0.3) is 0 Å². The Morgan fingerprint density at radius 1 is 1.50 bits per heavy atom. The van der Waals surface area contributed by atoms with Gasteiger partial charge in [-0.15, -0.1) is 5.10 Å². The molecule has 0 atom stereocenters. The van der Waals surface area contributed by atoms with Crippen molar-refractivity contribution in [3.8, 4) is 0 Å². The molecule has 0 fully saturated rings. The summed E-state index contributed by atoms with van der Waals surface area (Å²) in [7, 11) is 3.59. The summed E-state index contributed by atoms with van der Waals surface area (Å²) in [6.45, 7) is 4.33. The Kier molecular flexibility index (Phi) is 4.55. The zero-order valence-corrected chi connectivity index (χ0v) is 9.08. The highest BCUT2D eigenvalue weighted by atomic mass is 16.5. The maximum absolute atomic E-state index is 5.13. The second kappa shape index (κ2) is 5.72. The highest BCUT2D eigenvalue weighted by Crippen LogP contribution is 2.07. The van der Waals surface area contributed by atoms with Gasteiger partial charge >= 0.3 is 0 Å². The lowest BCUT2D eigenvalue weighted by Crippen LogP contribution is -2.11.